The molecule has 2 amide bonds. The Balaban J connectivity index is 2.00. The number of benzene rings is 2. The van der Waals surface area contributed by atoms with Crippen molar-refractivity contribution >= 4 is 34.8 Å². The number of para-hydroxylation sites is 1. The summed E-state index contributed by atoms with van der Waals surface area (Å²) in [7, 11) is 0. The fourth-order valence-electron chi connectivity index (χ4n) is 2.38. The second-order valence-corrected chi connectivity index (χ2v) is 6.41. The first-order chi connectivity index (χ1) is 11.4. The largest absolute Gasteiger partial charge is 0.325 e. The van der Waals surface area contributed by atoms with Crippen molar-refractivity contribution in [1.82, 2.24) is 0 Å². The number of anilines is 2. The number of hydrogen-bond acceptors (Lipinski definition) is 2. The number of rotatable bonds is 5. The first-order valence-corrected chi connectivity index (χ1v) is 8.19. The second-order valence-electron chi connectivity index (χ2n) is 5.97. The van der Waals surface area contributed by atoms with Crippen LogP contribution in [-0.4, -0.2) is 11.8 Å². The molecule has 2 aromatic rings. The van der Waals surface area contributed by atoms with Crippen molar-refractivity contribution in [2.75, 3.05) is 10.6 Å². The van der Waals surface area contributed by atoms with Gasteiger partial charge in [-0.2, -0.15) is 0 Å². The predicted octanol–water partition coefficient (Wildman–Crippen LogP) is 4.74. The van der Waals surface area contributed by atoms with Crippen LogP contribution >= 0.6 is 11.6 Å². The third-order valence-corrected chi connectivity index (χ3v) is 3.89. The van der Waals surface area contributed by atoms with Crippen molar-refractivity contribution < 1.29 is 9.59 Å². The molecular weight excluding hydrogens is 324 g/mol. The monoisotopic (exact) mass is 344 g/mol. The number of aryl methyl sites for hydroxylation is 1. The van der Waals surface area contributed by atoms with E-state index in [2.05, 4.69) is 24.5 Å². The first kappa shape index (κ1) is 18.0. The topological polar surface area (TPSA) is 58.2 Å². The number of hydrogen-bond donors (Lipinski definition) is 2. The normalized spacial score (nSPS) is 10.5. The van der Waals surface area contributed by atoms with Crippen LogP contribution in [-0.2, 0) is 9.59 Å². The Bertz CT molecular complexity index is 757. The van der Waals surface area contributed by atoms with Gasteiger partial charge < -0.3 is 10.6 Å². The molecular formula is C19H21ClN2O2. The molecule has 0 atom stereocenters. The van der Waals surface area contributed by atoms with E-state index in [1.54, 1.807) is 12.1 Å². The highest BCUT2D eigenvalue weighted by atomic mass is 35.5. The molecule has 0 unspecified atom stereocenters. The maximum atomic E-state index is 12.1. The van der Waals surface area contributed by atoms with E-state index >= 15 is 0 Å². The highest BCUT2D eigenvalue weighted by Crippen LogP contribution is 2.24. The number of halogens is 1. The lowest BCUT2D eigenvalue weighted by molar-refractivity contribution is -0.123. The third kappa shape index (κ3) is 4.83. The molecule has 2 N–H and O–H groups in total. The summed E-state index contributed by atoms with van der Waals surface area (Å²) in [5.41, 5.74) is 3.28. The summed E-state index contributed by atoms with van der Waals surface area (Å²) in [6.45, 7) is 5.98. The molecule has 0 fully saturated rings. The highest BCUT2D eigenvalue weighted by molar-refractivity contribution is 6.31. The van der Waals surface area contributed by atoms with Gasteiger partial charge in [0.1, 0.15) is 6.42 Å². The maximum absolute atomic E-state index is 12.1. The standard InChI is InChI=1S/C19H21ClN2O2/c1-12(2)15-6-4-5-7-16(15)21-18(23)11-19(24)22-17-10-14(20)9-8-13(17)3/h4-10,12H,11H2,1-3H3,(H,21,23)(H,22,24). The van der Waals surface area contributed by atoms with Gasteiger partial charge in [-0.1, -0.05) is 49.7 Å². The molecule has 0 aliphatic rings. The summed E-state index contributed by atoms with van der Waals surface area (Å²) >= 11 is 5.93. The molecule has 2 rings (SSSR count). The van der Waals surface area contributed by atoms with Gasteiger partial charge in [0, 0.05) is 16.4 Å². The minimum absolute atomic E-state index is 0.252. The molecule has 0 aliphatic carbocycles. The summed E-state index contributed by atoms with van der Waals surface area (Å²) < 4.78 is 0. The SMILES string of the molecule is Cc1ccc(Cl)cc1NC(=O)CC(=O)Nc1ccccc1C(C)C. The highest BCUT2D eigenvalue weighted by Gasteiger charge is 2.13. The van der Waals surface area contributed by atoms with Crippen molar-refractivity contribution in [2.24, 2.45) is 0 Å². The van der Waals surface area contributed by atoms with Gasteiger partial charge in [0.05, 0.1) is 0 Å². The smallest absolute Gasteiger partial charge is 0.233 e. The summed E-state index contributed by atoms with van der Waals surface area (Å²) in [5, 5.41) is 6.06. The van der Waals surface area contributed by atoms with Gasteiger partial charge in [-0.25, -0.2) is 0 Å². The molecule has 0 radical (unpaired) electrons. The number of amides is 2. The van der Waals surface area contributed by atoms with Crippen LogP contribution in [0.5, 0.6) is 0 Å². The molecule has 0 aromatic heterocycles. The molecule has 4 nitrogen and oxygen atoms in total. The van der Waals surface area contributed by atoms with Gasteiger partial charge in [0.15, 0.2) is 0 Å². The lowest BCUT2D eigenvalue weighted by atomic mass is 10.0. The van der Waals surface area contributed by atoms with Gasteiger partial charge in [-0.3, -0.25) is 9.59 Å². The van der Waals surface area contributed by atoms with Gasteiger partial charge in [0.2, 0.25) is 11.8 Å². The average molecular weight is 345 g/mol. The Labute approximate surface area is 147 Å². The van der Waals surface area contributed by atoms with Crippen molar-refractivity contribution in [3.05, 3.63) is 58.6 Å². The summed E-state index contributed by atoms with van der Waals surface area (Å²) in [5.74, 6) is -0.440. The molecule has 0 heterocycles. The van der Waals surface area contributed by atoms with Gasteiger partial charge >= 0.3 is 0 Å². The summed E-state index contributed by atoms with van der Waals surface area (Å²) in [6, 6.07) is 12.8. The zero-order valence-corrected chi connectivity index (χ0v) is 14.8. The number of nitrogens with one attached hydrogen (secondary N) is 2. The van der Waals surface area contributed by atoms with Crippen molar-refractivity contribution in [3.8, 4) is 0 Å². The maximum Gasteiger partial charge on any atom is 0.233 e. The van der Waals surface area contributed by atoms with Gasteiger partial charge in [-0.05, 0) is 42.2 Å². The minimum atomic E-state index is -0.375. The predicted molar refractivity (Wildman–Crippen MR) is 98.6 cm³/mol. The van der Waals surface area contributed by atoms with Crippen LogP contribution < -0.4 is 10.6 Å². The zero-order valence-electron chi connectivity index (χ0n) is 14.0. The lowest BCUT2D eigenvalue weighted by Crippen LogP contribution is -2.22. The van der Waals surface area contributed by atoms with Crippen molar-refractivity contribution in [2.45, 2.75) is 33.1 Å². The van der Waals surface area contributed by atoms with E-state index in [4.69, 9.17) is 11.6 Å². The molecule has 24 heavy (non-hydrogen) atoms. The van der Waals surface area contributed by atoms with Gasteiger partial charge in [0.25, 0.3) is 0 Å². The Kier molecular flexibility index (Phi) is 5.99. The van der Waals surface area contributed by atoms with E-state index in [1.165, 1.54) is 0 Å². The number of carbonyl (C=O) groups is 2. The van der Waals surface area contributed by atoms with Crippen LogP contribution in [0.1, 0.15) is 37.3 Å². The van der Waals surface area contributed by atoms with E-state index in [9.17, 15) is 9.59 Å². The molecule has 0 saturated heterocycles. The summed E-state index contributed by atoms with van der Waals surface area (Å²) in [4.78, 5) is 24.2. The van der Waals surface area contributed by atoms with Crippen molar-refractivity contribution in [1.29, 1.82) is 0 Å². The molecule has 0 aliphatic heterocycles. The van der Waals surface area contributed by atoms with Crippen LogP contribution in [0.25, 0.3) is 0 Å². The van der Waals surface area contributed by atoms with E-state index < -0.39 is 0 Å². The molecule has 2 aromatic carbocycles. The zero-order chi connectivity index (χ0) is 17.7. The lowest BCUT2D eigenvalue weighted by Gasteiger charge is -2.14. The third-order valence-electron chi connectivity index (χ3n) is 3.65. The Morgan fingerprint density at radius 2 is 1.62 bits per heavy atom. The van der Waals surface area contributed by atoms with E-state index in [1.807, 2.05) is 37.3 Å². The van der Waals surface area contributed by atoms with Crippen molar-refractivity contribution in [3.63, 3.8) is 0 Å². The van der Waals surface area contributed by atoms with Crippen LogP contribution in [0.4, 0.5) is 11.4 Å². The molecule has 0 bridgehead atoms. The second kappa shape index (κ2) is 7.97. The average Bonchev–Trinajstić information content (AvgIpc) is 2.51. The fourth-order valence-corrected chi connectivity index (χ4v) is 2.55. The molecule has 0 saturated carbocycles. The quantitative estimate of drug-likeness (QED) is 0.770. The van der Waals surface area contributed by atoms with E-state index in [0.29, 0.717) is 10.7 Å². The Morgan fingerprint density at radius 3 is 2.29 bits per heavy atom. The van der Waals surface area contributed by atoms with E-state index in [0.717, 1.165) is 16.8 Å². The van der Waals surface area contributed by atoms with Gasteiger partial charge in [-0.15, -0.1) is 0 Å². The van der Waals surface area contributed by atoms with Crippen LogP contribution in [0.2, 0.25) is 5.02 Å². The van der Waals surface area contributed by atoms with E-state index in [-0.39, 0.29) is 24.2 Å². The fraction of sp³-hybridized carbons (Fsp3) is 0.263. The minimum Gasteiger partial charge on any atom is -0.325 e. The van der Waals surface area contributed by atoms with Crippen LogP contribution in [0, 0.1) is 6.92 Å². The Hall–Kier alpha value is -2.33. The first-order valence-electron chi connectivity index (χ1n) is 7.81. The Morgan fingerprint density at radius 1 is 1.00 bits per heavy atom. The number of carbonyl (C=O) groups excluding carboxylic acids is 2. The summed E-state index contributed by atoms with van der Waals surface area (Å²) in [6.07, 6.45) is -0.252. The molecule has 5 heteroatoms. The van der Waals surface area contributed by atoms with Crippen LogP contribution in [0.3, 0.4) is 0 Å². The van der Waals surface area contributed by atoms with Crippen LogP contribution in [0.15, 0.2) is 42.5 Å². The molecule has 126 valence electrons. The molecule has 0 spiro atoms.